The van der Waals surface area contributed by atoms with Gasteiger partial charge in [0.2, 0.25) is 5.95 Å². The molecule has 5 nitrogen and oxygen atoms in total. The van der Waals surface area contributed by atoms with Crippen LogP contribution in [-0.4, -0.2) is 15.2 Å². The molecular weight excluding hydrogens is 298 g/mol. The number of aromatic nitrogens is 3. The molecule has 1 aromatic heterocycles. The Kier molecular flexibility index (Phi) is 4.70. The molecule has 24 heavy (non-hydrogen) atoms. The molecule has 1 heterocycles. The maximum atomic E-state index is 4.48. The van der Waals surface area contributed by atoms with Gasteiger partial charge >= 0.3 is 0 Å². The summed E-state index contributed by atoms with van der Waals surface area (Å²) in [7, 11) is 0. The first-order chi connectivity index (χ1) is 11.6. The summed E-state index contributed by atoms with van der Waals surface area (Å²) in [4.78, 5) is 4.48. The van der Waals surface area contributed by atoms with E-state index in [9.17, 15) is 0 Å². The summed E-state index contributed by atoms with van der Waals surface area (Å²) in [6.07, 6.45) is 1.62. The van der Waals surface area contributed by atoms with Gasteiger partial charge < -0.3 is 10.6 Å². The van der Waals surface area contributed by atoms with Gasteiger partial charge in [0.15, 0.2) is 5.82 Å². The average Bonchev–Trinajstić information content (AvgIpc) is 2.57. The van der Waals surface area contributed by atoms with E-state index in [0.717, 1.165) is 5.69 Å². The summed E-state index contributed by atoms with van der Waals surface area (Å²) in [6.45, 7) is 6.91. The minimum absolute atomic E-state index is 0.507. The molecule has 0 saturated carbocycles. The van der Waals surface area contributed by atoms with E-state index in [-0.39, 0.29) is 0 Å². The molecule has 0 aliphatic heterocycles. The maximum absolute atomic E-state index is 4.48. The van der Waals surface area contributed by atoms with Crippen LogP contribution in [0.1, 0.15) is 22.3 Å². The number of hydrogen-bond acceptors (Lipinski definition) is 5. The van der Waals surface area contributed by atoms with E-state index in [2.05, 4.69) is 70.9 Å². The standard InChI is InChI=1S/C19H21N5/c1-13-8-9-17(15(3)10-13)22-18-12-21-24-19(23-18)20-11-16-7-5-4-6-14(16)2/h4-10,12H,11H2,1-3H3,(H2,20,22,23,24). The molecular formula is C19H21N5. The Morgan fingerprint density at radius 1 is 0.958 bits per heavy atom. The zero-order chi connectivity index (χ0) is 16.9. The van der Waals surface area contributed by atoms with Gasteiger partial charge in [-0.1, -0.05) is 42.0 Å². The molecule has 0 amide bonds. The van der Waals surface area contributed by atoms with E-state index in [0.29, 0.717) is 18.3 Å². The fourth-order valence-corrected chi connectivity index (χ4v) is 2.51. The first-order valence-corrected chi connectivity index (χ1v) is 7.94. The molecule has 122 valence electrons. The lowest BCUT2D eigenvalue weighted by atomic mass is 10.1. The number of nitrogens with zero attached hydrogens (tertiary/aromatic N) is 3. The van der Waals surface area contributed by atoms with Crippen molar-refractivity contribution in [3.63, 3.8) is 0 Å². The van der Waals surface area contributed by atoms with Crippen molar-refractivity contribution in [1.82, 2.24) is 15.2 Å². The molecule has 2 N–H and O–H groups in total. The number of rotatable bonds is 5. The molecule has 5 heteroatoms. The van der Waals surface area contributed by atoms with Gasteiger partial charge in [0.05, 0.1) is 6.20 Å². The smallest absolute Gasteiger partial charge is 0.244 e. The van der Waals surface area contributed by atoms with E-state index in [1.54, 1.807) is 6.20 Å². The molecule has 0 aliphatic rings. The summed E-state index contributed by atoms with van der Waals surface area (Å²) in [5, 5.41) is 14.6. The van der Waals surface area contributed by atoms with Crippen molar-refractivity contribution < 1.29 is 0 Å². The van der Waals surface area contributed by atoms with E-state index >= 15 is 0 Å². The van der Waals surface area contributed by atoms with E-state index in [1.807, 2.05) is 18.2 Å². The minimum Gasteiger partial charge on any atom is -0.349 e. The molecule has 0 saturated heterocycles. The SMILES string of the molecule is Cc1ccc(Nc2cnnc(NCc3ccccc3C)n2)c(C)c1. The molecule has 0 unspecified atom stereocenters. The second-order valence-corrected chi connectivity index (χ2v) is 5.89. The molecule has 0 bridgehead atoms. The Morgan fingerprint density at radius 3 is 2.58 bits per heavy atom. The predicted molar refractivity (Wildman–Crippen MR) is 97.5 cm³/mol. The highest BCUT2D eigenvalue weighted by molar-refractivity contribution is 5.60. The van der Waals surface area contributed by atoms with Crippen LogP contribution in [-0.2, 0) is 6.54 Å². The van der Waals surface area contributed by atoms with E-state index in [4.69, 9.17) is 0 Å². The lowest BCUT2D eigenvalue weighted by Crippen LogP contribution is -2.07. The molecule has 3 rings (SSSR count). The topological polar surface area (TPSA) is 62.7 Å². The molecule has 3 aromatic rings. The normalized spacial score (nSPS) is 10.5. The van der Waals surface area contributed by atoms with Gasteiger partial charge in [-0.2, -0.15) is 10.1 Å². The third-order valence-corrected chi connectivity index (χ3v) is 3.90. The lowest BCUT2D eigenvalue weighted by Gasteiger charge is -2.11. The van der Waals surface area contributed by atoms with Crippen LogP contribution < -0.4 is 10.6 Å². The first kappa shape index (κ1) is 15.9. The van der Waals surface area contributed by atoms with Crippen LogP contribution in [0.25, 0.3) is 0 Å². The van der Waals surface area contributed by atoms with Crippen molar-refractivity contribution in [2.24, 2.45) is 0 Å². The van der Waals surface area contributed by atoms with Gasteiger partial charge in [0.25, 0.3) is 0 Å². The van der Waals surface area contributed by atoms with Gasteiger partial charge in [-0.25, -0.2) is 0 Å². The Labute approximate surface area is 142 Å². The Balaban J connectivity index is 1.71. The van der Waals surface area contributed by atoms with Crippen molar-refractivity contribution in [2.45, 2.75) is 27.3 Å². The maximum Gasteiger partial charge on any atom is 0.244 e. The average molecular weight is 319 g/mol. The number of hydrogen-bond donors (Lipinski definition) is 2. The van der Waals surface area contributed by atoms with Crippen LogP contribution in [0.3, 0.4) is 0 Å². The van der Waals surface area contributed by atoms with Crippen LogP contribution in [0.5, 0.6) is 0 Å². The highest BCUT2D eigenvalue weighted by Gasteiger charge is 2.04. The zero-order valence-corrected chi connectivity index (χ0v) is 14.2. The quantitative estimate of drug-likeness (QED) is 0.739. The largest absolute Gasteiger partial charge is 0.349 e. The van der Waals surface area contributed by atoms with Crippen LogP contribution in [0.2, 0.25) is 0 Å². The molecule has 0 radical (unpaired) electrons. The number of anilines is 3. The van der Waals surface area contributed by atoms with Gasteiger partial charge in [-0.15, -0.1) is 5.10 Å². The first-order valence-electron chi connectivity index (χ1n) is 7.94. The van der Waals surface area contributed by atoms with Gasteiger partial charge in [-0.05, 0) is 43.5 Å². The zero-order valence-electron chi connectivity index (χ0n) is 14.2. The minimum atomic E-state index is 0.507. The summed E-state index contributed by atoms with van der Waals surface area (Å²) in [6, 6.07) is 14.5. The summed E-state index contributed by atoms with van der Waals surface area (Å²) >= 11 is 0. The highest BCUT2D eigenvalue weighted by atomic mass is 15.3. The summed E-state index contributed by atoms with van der Waals surface area (Å²) in [5.74, 6) is 1.18. The molecule has 2 aromatic carbocycles. The Morgan fingerprint density at radius 2 is 1.79 bits per heavy atom. The van der Waals surface area contributed by atoms with Gasteiger partial charge in [0.1, 0.15) is 0 Å². The van der Waals surface area contributed by atoms with Crippen molar-refractivity contribution in [2.75, 3.05) is 10.6 Å². The Hall–Kier alpha value is -2.95. The third-order valence-electron chi connectivity index (χ3n) is 3.90. The van der Waals surface area contributed by atoms with Gasteiger partial charge in [-0.3, -0.25) is 0 Å². The van der Waals surface area contributed by atoms with E-state index < -0.39 is 0 Å². The number of benzene rings is 2. The highest BCUT2D eigenvalue weighted by Crippen LogP contribution is 2.20. The number of aryl methyl sites for hydroxylation is 3. The molecule has 0 spiro atoms. The predicted octanol–water partition coefficient (Wildman–Crippen LogP) is 4.15. The second-order valence-electron chi connectivity index (χ2n) is 5.89. The molecule has 0 fully saturated rings. The van der Waals surface area contributed by atoms with Crippen LogP contribution in [0, 0.1) is 20.8 Å². The Bertz CT molecular complexity index is 845. The van der Waals surface area contributed by atoms with Crippen molar-refractivity contribution in [3.05, 3.63) is 70.9 Å². The molecule has 0 aliphatic carbocycles. The number of nitrogens with one attached hydrogen (secondary N) is 2. The van der Waals surface area contributed by atoms with E-state index in [1.165, 1.54) is 22.3 Å². The van der Waals surface area contributed by atoms with Gasteiger partial charge in [0, 0.05) is 12.2 Å². The van der Waals surface area contributed by atoms with Crippen LogP contribution in [0.4, 0.5) is 17.5 Å². The van der Waals surface area contributed by atoms with Crippen molar-refractivity contribution in [1.29, 1.82) is 0 Å². The van der Waals surface area contributed by atoms with Crippen molar-refractivity contribution >= 4 is 17.5 Å². The summed E-state index contributed by atoms with van der Waals surface area (Å²) < 4.78 is 0. The monoisotopic (exact) mass is 319 g/mol. The lowest BCUT2D eigenvalue weighted by molar-refractivity contribution is 0.946. The molecule has 0 atom stereocenters. The fraction of sp³-hybridized carbons (Fsp3) is 0.211. The van der Waals surface area contributed by atoms with Crippen LogP contribution in [0.15, 0.2) is 48.7 Å². The second kappa shape index (κ2) is 7.08. The van der Waals surface area contributed by atoms with Crippen LogP contribution >= 0.6 is 0 Å². The summed E-state index contributed by atoms with van der Waals surface area (Å²) in [5.41, 5.74) is 5.88. The van der Waals surface area contributed by atoms with Crippen molar-refractivity contribution in [3.8, 4) is 0 Å². The third kappa shape index (κ3) is 3.87. The fourth-order valence-electron chi connectivity index (χ4n) is 2.51.